The summed E-state index contributed by atoms with van der Waals surface area (Å²) in [5.41, 5.74) is 2.75. The van der Waals surface area contributed by atoms with E-state index in [9.17, 15) is 4.79 Å². The van der Waals surface area contributed by atoms with Crippen LogP contribution in [0.3, 0.4) is 0 Å². The van der Waals surface area contributed by atoms with E-state index < -0.39 is 0 Å². The van der Waals surface area contributed by atoms with Gasteiger partial charge in [-0.05, 0) is 50.9 Å². The highest BCUT2D eigenvalue weighted by Crippen LogP contribution is 2.54. The molecular weight excluding hydrogens is 290 g/mol. The van der Waals surface area contributed by atoms with Crippen molar-refractivity contribution in [2.45, 2.75) is 43.6 Å². The predicted molar refractivity (Wildman–Crippen MR) is 91.3 cm³/mol. The first-order valence-corrected chi connectivity index (χ1v) is 8.65. The molecule has 0 bridgehead atoms. The van der Waals surface area contributed by atoms with E-state index in [1.165, 1.54) is 0 Å². The van der Waals surface area contributed by atoms with Crippen LogP contribution in [0.25, 0.3) is 0 Å². The van der Waals surface area contributed by atoms with Crippen LogP contribution in [0, 0.1) is 0 Å². The number of rotatable bonds is 3. The van der Waals surface area contributed by atoms with Crippen LogP contribution in [-0.2, 0) is 10.2 Å². The van der Waals surface area contributed by atoms with E-state index in [2.05, 4.69) is 28.6 Å². The minimum Gasteiger partial charge on any atom is -0.487 e. The first-order valence-electron chi connectivity index (χ1n) is 8.65. The van der Waals surface area contributed by atoms with E-state index in [1.54, 1.807) is 0 Å². The van der Waals surface area contributed by atoms with Gasteiger partial charge in [0.1, 0.15) is 11.9 Å². The van der Waals surface area contributed by atoms with Crippen molar-refractivity contribution in [2.24, 2.45) is 0 Å². The quantitative estimate of drug-likeness (QED) is 0.900. The van der Waals surface area contributed by atoms with Gasteiger partial charge in [-0.3, -0.25) is 4.79 Å². The molecule has 1 aliphatic carbocycles. The van der Waals surface area contributed by atoms with Crippen LogP contribution in [0.4, 0.5) is 11.4 Å². The van der Waals surface area contributed by atoms with Gasteiger partial charge in [-0.2, -0.15) is 0 Å². The van der Waals surface area contributed by atoms with E-state index in [-0.39, 0.29) is 17.4 Å². The third-order valence-electron chi connectivity index (χ3n) is 5.66. The molecule has 1 saturated carbocycles. The minimum atomic E-state index is -0.302. The molecule has 5 nitrogen and oxygen atoms in total. The highest BCUT2D eigenvalue weighted by Gasteiger charge is 2.52. The molecular formula is C18H25N3O2. The maximum atomic E-state index is 12.5. The van der Waals surface area contributed by atoms with Gasteiger partial charge in [0.15, 0.2) is 0 Å². The van der Waals surface area contributed by atoms with E-state index in [4.69, 9.17) is 4.74 Å². The van der Waals surface area contributed by atoms with Crippen molar-refractivity contribution in [1.29, 1.82) is 0 Å². The molecule has 2 heterocycles. The van der Waals surface area contributed by atoms with Crippen molar-refractivity contribution in [1.82, 2.24) is 4.90 Å². The lowest BCUT2D eigenvalue weighted by molar-refractivity contribution is -0.123. The van der Waals surface area contributed by atoms with Gasteiger partial charge in [-0.1, -0.05) is 6.42 Å². The Hall–Kier alpha value is -1.75. The number of hydrogen-bond acceptors (Lipinski definition) is 4. The lowest BCUT2D eigenvalue weighted by Crippen LogP contribution is -2.40. The van der Waals surface area contributed by atoms with Crippen LogP contribution in [0.15, 0.2) is 12.1 Å². The van der Waals surface area contributed by atoms with E-state index >= 15 is 0 Å². The average molecular weight is 315 g/mol. The topological polar surface area (TPSA) is 53.6 Å². The van der Waals surface area contributed by atoms with E-state index in [0.717, 1.165) is 67.9 Å². The molecule has 1 unspecified atom stereocenters. The maximum absolute atomic E-state index is 12.5. The van der Waals surface area contributed by atoms with Gasteiger partial charge < -0.3 is 20.3 Å². The largest absolute Gasteiger partial charge is 0.487 e. The van der Waals surface area contributed by atoms with Crippen LogP contribution in [0.5, 0.6) is 5.75 Å². The molecule has 1 spiro atoms. The second kappa shape index (κ2) is 5.41. The second-order valence-electron chi connectivity index (χ2n) is 7.18. The summed E-state index contributed by atoms with van der Waals surface area (Å²) in [7, 11) is 4.05. The van der Waals surface area contributed by atoms with Crippen molar-refractivity contribution in [3.63, 3.8) is 0 Å². The number of ether oxygens (including phenoxy) is 1. The molecule has 4 rings (SSSR count). The number of piperidine rings is 1. The fourth-order valence-electron chi connectivity index (χ4n) is 4.14. The van der Waals surface area contributed by atoms with E-state index in [1.807, 2.05) is 13.1 Å². The molecule has 1 saturated heterocycles. The summed E-state index contributed by atoms with van der Waals surface area (Å²) in [6, 6.07) is 4.14. The Balaban J connectivity index is 1.69. The number of likely N-dealkylation sites (N-methyl/N-ethyl adjacent to an activating group) is 1. The number of benzene rings is 1. The van der Waals surface area contributed by atoms with Gasteiger partial charge in [0.2, 0.25) is 5.91 Å². The van der Waals surface area contributed by atoms with Crippen molar-refractivity contribution in [3.8, 4) is 5.75 Å². The van der Waals surface area contributed by atoms with E-state index in [0.29, 0.717) is 0 Å². The molecule has 1 aromatic carbocycles. The minimum absolute atomic E-state index is 0.151. The maximum Gasteiger partial charge on any atom is 0.235 e. The number of likely N-dealkylation sites (tertiary alicyclic amines) is 1. The number of nitrogens with one attached hydrogen (secondary N) is 2. The summed E-state index contributed by atoms with van der Waals surface area (Å²) in [6.07, 6.45) is 5.45. The van der Waals surface area contributed by atoms with Crippen LogP contribution < -0.4 is 15.4 Å². The highest BCUT2D eigenvalue weighted by atomic mass is 16.5. The molecule has 124 valence electrons. The Morgan fingerprint density at radius 3 is 2.83 bits per heavy atom. The molecule has 0 radical (unpaired) electrons. The molecule has 2 N–H and O–H groups in total. The molecule has 0 aromatic heterocycles. The van der Waals surface area contributed by atoms with Gasteiger partial charge >= 0.3 is 0 Å². The Morgan fingerprint density at radius 1 is 1.35 bits per heavy atom. The highest BCUT2D eigenvalue weighted by molar-refractivity contribution is 6.08. The number of hydrogen-bond donors (Lipinski definition) is 2. The smallest absolute Gasteiger partial charge is 0.235 e. The lowest BCUT2D eigenvalue weighted by Gasteiger charge is -2.36. The lowest BCUT2D eigenvalue weighted by atomic mass is 9.65. The summed E-state index contributed by atoms with van der Waals surface area (Å²) in [5, 5.41) is 6.32. The van der Waals surface area contributed by atoms with Crippen LogP contribution in [0.2, 0.25) is 0 Å². The number of carbonyl (C=O) groups is 1. The second-order valence-corrected chi connectivity index (χ2v) is 7.18. The Bertz CT molecular complexity index is 639. The van der Waals surface area contributed by atoms with Crippen LogP contribution >= 0.6 is 0 Å². The zero-order chi connectivity index (χ0) is 16.0. The zero-order valence-electron chi connectivity index (χ0n) is 13.9. The number of fused-ring (bicyclic) bond motifs is 2. The third kappa shape index (κ3) is 2.29. The Kier molecular flexibility index (Phi) is 3.48. The zero-order valence-corrected chi connectivity index (χ0v) is 13.9. The monoisotopic (exact) mass is 315 g/mol. The average Bonchev–Trinajstić information content (AvgIpc) is 2.79. The molecule has 5 heteroatoms. The van der Waals surface area contributed by atoms with Crippen LogP contribution in [-0.4, -0.2) is 44.1 Å². The normalized spacial score (nSPS) is 25.7. The molecule has 2 fully saturated rings. The number of amides is 1. The first kappa shape index (κ1) is 14.8. The first-order chi connectivity index (χ1) is 11.1. The Morgan fingerprint density at radius 2 is 2.17 bits per heavy atom. The molecule has 2 aliphatic heterocycles. The van der Waals surface area contributed by atoms with Gasteiger partial charge in [0.05, 0.1) is 11.1 Å². The van der Waals surface area contributed by atoms with Crippen molar-refractivity contribution in [2.75, 3.05) is 37.8 Å². The standard InChI is InChI=1S/C18H25N3O2/c1-19-12-9-14-16(20-17(22)18(14)6-4-7-18)15(10-12)23-13-5-3-8-21(2)11-13/h9-10,13,19H,3-8,11H2,1-2H3,(H,20,22). The fourth-order valence-corrected chi connectivity index (χ4v) is 4.14. The third-order valence-corrected chi connectivity index (χ3v) is 5.66. The summed E-state index contributed by atoms with van der Waals surface area (Å²) in [5.74, 6) is 0.974. The summed E-state index contributed by atoms with van der Waals surface area (Å²) in [6.45, 7) is 2.08. The van der Waals surface area contributed by atoms with Gasteiger partial charge in [0.25, 0.3) is 0 Å². The fraction of sp³-hybridized carbons (Fsp3) is 0.611. The van der Waals surface area contributed by atoms with Gasteiger partial charge in [-0.15, -0.1) is 0 Å². The predicted octanol–water partition coefficient (Wildman–Crippen LogP) is 2.58. The molecule has 23 heavy (non-hydrogen) atoms. The van der Waals surface area contributed by atoms with Gasteiger partial charge in [0, 0.05) is 25.3 Å². The molecule has 1 amide bonds. The summed E-state index contributed by atoms with van der Waals surface area (Å²) >= 11 is 0. The van der Waals surface area contributed by atoms with Crippen LogP contribution in [0.1, 0.15) is 37.7 Å². The number of anilines is 2. The summed E-state index contributed by atoms with van der Waals surface area (Å²) < 4.78 is 6.32. The molecule has 3 aliphatic rings. The number of carbonyl (C=O) groups excluding carboxylic acids is 1. The Labute approximate surface area is 137 Å². The molecule has 1 aromatic rings. The summed E-state index contributed by atoms with van der Waals surface area (Å²) in [4.78, 5) is 14.8. The van der Waals surface area contributed by atoms with Crippen molar-refractivity contribution in [3.05, 3.63) is 17.7 Å². The molecule has 1 atom stereocenters. The number of nitrogens with zero attached hydrogens (tertiary/aromatic N) is 1. The SMILES string of the molecule is CNc1cc(OC2CCCN(C)C2)c2c(c1)C1(CCC1)C(=O)N2. The van der Waals surface area contributed by atoms with Gasteiger partial charge in [-0.25, -0.2) is 0 Å². The van der Waals surface area contributed by atoms with Crippen molar-refractivity contribution < 1.29 is 9.53 Å². The van der Waals surface area contributed by atoms with Crippen molar-refractivity contribution >= 4 is 17.3 Å².